The highest BCUT2D eigenvalue weighted by Gasteiger charge is 2.29. The first-order valence-electron chi connectivity index (χ1n) is 8.20. The van der Waals surface area contributed by atoms with Crippen LogP contribution in [0.4, 0.5) is 11.6 Å². The topological polar surface area (TPSA) is 85.8 Å². The van der Waals surface area contributed by atoms with Crippen molar-refractivity contribution in [1.29, 1.82) is 0 Å². The average Bonchev–Trinajstić information content (AvgIpc) is 3.30. The summed E-state index contributed by atoms with van der Waals surface area (Å²) in [7, 11) is 0. The summed E-state index contributed by atoms with van der Waals surface area (Å²) in [5.41, 5.74) is 9.00. The van der Waals surface area contributed by atoms with Gasteiger partial charge in [0.25, 0.3) is 0 Å². The third-order valence-electron chi connectivity index (χ3n) is 4.13. The number of nitrogens with two attached hydrogens (primary N) is 1. The first kappa shape index (κ1) is 16.8. The van der Waals surface area contributed by atoms with Crippen molar-refractivity contribution < 1.29 is 4.79 Å². The third-order valence-corrected chi connectivity index (χ3v) is 5.07. The summed E-state index contributed by atoms with van der Waals surface area (Å²) in [4.78, 5) is 12.4. The molecule has 1 aromatic carbocycles. The van der Waals surface area contributed by atoms with E-state index in [2.05, 4.69) is 35.4 Å². The fourth-order valence-electron chi connectivity index (χ4n) is 2.71. The zero-order valence-corrected chi connectivity index (χ0v) is 15.1. The maximum absolute atomic E-state index is 12.4. The van der Waals surface area contributed by atoms with Crippen LogP contribution in [0.1, 0.15) is 49.8 Å². The highest BCUT2D eigenvalue weighted by molar-refractivity contribution is 7.99. The Morgan fingerprint density at radius 2 is 2.17 bits per heavy atom. The smallest absolute Gasteiger partial charge is 0.234 e. The normalized spacial score (nSPS) is 14.2. The van der Waals surface area contributed by atoms with Crippen LogP contribution in [-0.4, -0.2) is 26.4 Å². The van der Waals surface area contributed by atoms with E-state index in [-0.39, 0.29) is 11.7 Å². The summed E-state index contributed by atoms with van der Waals surface area (Å²) in [6.45, 7) is 6.26. The fourth-order valence-corrected chi connectivity index (χ4v) is 3.52. The molecular weight excluding hydrogens is 322 g/mol. The lowest BCUT2D eigenvalue weighted by molar-refractivity contribution is -0.113. The number of nitrogen functional groups attached to an aromatic ring is 1. The van der Waals surface area contributed by atoms with Crippen LogP contribution in [0.5, 0.6) is 0 Å². The first-order valence-corrected chi connectivity index (χ1v) is 9.18. The molecule has 128 valence electrons. The summed E-state index contributed by atoms with van der Waals surface area (Å²) in [5, 5.41) is 11.8. The van der Waals surface area contributed by atoms with Gasteiger partial charge in [-0.05, 0) is 36.8 Å². The molecule has 1 fully saturated rings. The van der Waals surface area contributed by atoms with Crippen LogP contribution < -0.4 is 11.1 Å². The molecule has 3 N–H and O–H groups in total. The minimum Gasteiger partial charge on any atom is -0.368 e. The molecule has 6 nitrogen and oxygen atoms in total. The van der Waals surface area contributed by atoms with Crippen molar-refractivity contribution in [3.63, 3.8) is 0 Å². The first-order chi connectivity index (χ1) is 11.5. The fraction of sp³-hybridized carbons (Fsp3) is 0.471. The van der Waals surface area contributed by atoms with Crippen LogP contribution in [0.15, 0.2) is 23.4 Å². The van der Waals surface area contributed by atoms with Gasteiger partial charge in [0.2, 0.25) is 11.9 Å². The van der Waals surface area contributed by atoms with Gasteiger partial charge in [0, 0.05) is 11.7 Å². The van der Waals surface area contributed by atoms with Crippen LogP contribution in [0.3, 0.4) is 0 Å². The van der Waals surface area contributed by atoms with Crippen molar-refractivity contribution in [2.75, 3.05) is 16.8 Å². The summed E-state index contributed by atoms with van der Waals surface area (Å²) in [5.74, 6) is 1.03. The van der Waals surface area contributed by atoms with E-state index >= 15 is 0 Å². The molecule has 1 aliphatic carbocycles. The number of nitrogens with one attached hydrogen (secondary N) is 1. The Bertz CT molecular complexity index is 751. The van der Waals surface area contributed by atoms with E-state index in [1.165, 1.54) is 11.8 Å². The Morgan fingerprint density at radius 3 is 2.83 bits per heavy atom. The number of carbonyl (C=O) groups is 1. The van der Waals surface area contributed by atoms with Gasteiger partial charge in [-0.15, -0.1) is 10.2 Å². The molecular formula is C17H23N5OS. The van der Waals surface area contributed by atoms with Gasteiger partial charge in [0.05, 0.1) is 5.75 Å². The van der Waals surface area contributed by atoms with E-state index in [0.29, 0.717) is 17.9 Å². The molecule has 0 atom stereocenters. The summed E-state index contributed by atoms with van der Waals surface area (Å²) in [6, 6.07) is 6.49. The Labute approximate surface area is 146 Å². The highest BCUT2D eigenvalue weighted by atomic mass is 32.2. The average molecular weight is 345 g/mol. The lowest BCUT2D eigenvalue weighted by Crippen LogP contribution is -2.17. The molecule has 1 aromatic heterocycles. The highest BCUT2D eigenvalue weighted by Crippen LogP contribution is 2.39. The summed E-state index contributed by atoms with van der Waals surface area (Å²) in [6.07, 6.45) is 2.20. The number of hydrogen-bond donors (Lipinski definition) is 2. The molecule has 0 bridgehead atoms. The van der Waals surface area contributed by atoms with E-state index in [0.717, 1.165) is 34.8 Å². The molecule has 0 unspecified atom stereocenters. The van der Waals surface area contributed by atoms with Crippen molar-refractivity contribution in [3.8, 4) is 0 Å². The molecule has 0 saturated heterocycles. The van der Waals surface area contributed by atoms with Gasteiger partial charge in [-0.1, -0.05) is 43.8 Å². The predicted molar refractivity (Wildman–Crippen MR) is 97.3 cm³/mol. The lowest BCUT2D eigenvalue weighted by atomic mass is 9.98. The second-order valence-electron chi connectivity index (χ2n) is 6.47. The lowest BCUT2D eigenvalue weighted by Gasteiger charge is -2.16. The maximum Gasteiger partial charge on any atom is 0.234 e. The SMILES string of the molecule is Cc1cccc(C(C)C)c1NC(=O)CSc1nnc(N)n1C1CC1. The van der Waals surface area contributed by atoms with Crippen LogP contribution in [-0.2, 0) is 4.79 Å². The van der Waals surface area contributed by atoms with Crippen molar-refractivity contribution in [2.45, 2.75) is 50.7 Å². The number of thioether (sulfide) groups is 1. The molecule has 1 aliphatic rings. The quantitative estimate of drug-likeness (QED) is 0.784. The largest absolute Gasteiger partial charge is 0.368 e. The molecule has 1 saturated carbocycles. The number of aryl methyl sites for hydroxylation is 1. The molecule has 1 heterocycles. The number of para-hydroxylation sites is 1. The van der Waals surface area contributed by atoms with Crippen LogP contribution in [0.25, 0.3) is 0 Å². The number of amides is 1. The third kappa shape index (κ3) is 3.56. The second-order valence-corrected chi connectivity index (χ2v) is 7.42. The Balaban J connectivity index is 1.67. The van der Waals surface area contributed by atoms with E-state index < -0.39 is 0 Å². The standard InChI is InChI=1S/C17H23N5OS/c1-10(2)13-6-4-5-11(3)15(13)19-14(23)9-24-17-21-20-16(18)22(17)12-7-8-12/h4-6,10,12H,7-9H2,1-3H3,(H2,18,20)(H,19,23). The number of nitrogens with zero attached hydrogens (tertiary/aromatic N) is 3. The number of carbonyl (C=O) groups excluding carboxylic acids is 1. The Hall–Kier alpha value is -2.02. The van der Waals surface area contributed by atoms with Gasteiger partial charge in [-0.25, -0.2) is 0 Å². The van der Waals surface area contributed by atoms with E-state index in [9.17, 15) is 4.79 Å². The van der Waals surface area contributed by atoms with Crippen molar-refractivity contribution in [2.24, 2.45) is 0 Å². The molecule has 3 rings (SSSR count). The van der Waals surface area contributed by atoms with Gasteiger partial charge < -0.3 is 11.1 Å². The van der Waals surface area contributed by atoms with E-state index in [1.54, 1.807) is 0 Å². The van der Waals surface area contributed by atoms with Crippen LogP contribution in [0.2, 0.25) is 0 Å². The number of hydrogen-bond acceptors (Lipinski definition) is 5. The molecule has 24 heavy (non-hydrogen) atoms. The van der Waals surface area contributed by atoms with Crippen LogP contribution >= 0.6 is 11.8 Å². The molecule has 0 radical (unpaired) electrons. The zero-order chi connectivity index (χ0) is 17.3. The van der Waals surface area contributed by atoms with Gasteiger partial charge in [0.1, 0.15) is 0 Å². The van der Waals surface area contributed by atoms with E-state index in [1.807, 2.05) is 23.6 Å². The van der Waals surface area contributed by atoms with Crippen LogP contribution in [0, 0.1) is 6.92 Å². The number of anilines is 2. The van der Waals surface area contributed by atoms with Crippen molar-refractivity contribution >= 4 is 29.3 Å². The van der Waals surface area contributed by atoms with Gasteiger partial charge >= 0.3 is 0 Å². The Morgan fingerprint density at radius 1 is 1.42 bits per heavy atom. The number of rotatable bonds is 6. The molecule has 0 aliphatic heterocycles. The second kappa shape index (κ2) is 6.84. The Kier molecular flexibility index (Phi) is 4.80. The van der Waals surface area contributed by atoms with Gasteiger partial charge in [0.15, 0.2) is 5.16 Å². The van der Waals surface area contributed by atoms with Gasteiger partial charge in [-0.2, -0.15) is 0 Å². The van der Waals surface area contributed by atoms with E-state index in [4.69, 9.17) is 5.73 Å². The minimum absolute atomic E-state index is 0.0416. The number of benzene rings is 1. The van der Waals surface area contributed by atoms with Crippen molar-refractivity contribution in [1.82, 2.24) is 14.8 Å². The minimum atomic E-state index is -0.0416. The zero-order valence-electron chi connectivity index (χ0n) is 14.2. The number of aromatic nitrogens is 3. The summed E-state index contributed by atoms with van der Waals surface area (Å²) < 4.78 is 1.94. The molecule has 7 heteroatoms. The monoisotopic (exact) mass is 345 g/mol. The van der Waals surface area contributed by atoms with Crippen molar-refractivity contribution in [3.05, 3.63) is 29.3 Å². The van der Waals surface area contributed by atoms with Gasteiger partial charge in [-0.3, -0.25) is 9.36 Å². The summed E-state index contributed by atoms with van der Waals surface area (Å²) >= 11 is 1.38. The molecule has 1 amide bonds. The maximum atomic E-state index is 12.4. The molecule has 2 aromatic rings. The predicted octanol–water partition coefficient (Wildman–Crippen LogP) is 3.36. The molecule has 0 spiro atoms.